The van der Waals surface area contributed by atoms with Crippen LogP contribution in [0.1, 0.15) is 49.4 Å². The number of H-pyrrole nitrogens is 1. The zero-order chi connectivity index (χ0) is 22.6. The van der Waals surface area contributed by atoms with Crippen molar-refractivity contribution in [2.45, 2.75) is 38.2 Å². The van der Waals surface area contributed by atoms with E-state index in [2.05, 4.69) is 16.0 Å². The molecule has 6 heteroatoms. The van der Waals surface area contributed by atoms with E-state index in [1.165, 1.54) is 0 Å². The van der Waals surface area contributed by atoms with Crippen molar-refractivity contribution in [1.29, 1.82) is 5.26 Å². The van der Waals surface area contributed by atoms with Crippen molar-refractivity contribution < 1.29 is 9.53 Å². The lowest BCUT2D eigenvalue weighted by Crippen LogP contribution is -2.58. The van der Waals surface area contributed by atoms with Crippen molar-refractivity contribution in [2.24, 2.45) is 5.41 Å². The number of rotatable bonds is 6. The van der Waals surface area contributed by atoms with Crippen molar-refractivity contribution in [3.05, 3.63) is 83.9 Å². The SMILES string of the molecule is CCC1(C(Oc2ccccc2)(c2cccc(C#N)c2)c2cnc[nH]2)CCCCN(C)C1=O. The van der Waals surface area contributed by atoms with E-state index in [0.29, 0.717) is 36.4 Å². The maximum absolute atomic E-state index is 14.1. The van der Waals surface area contributed by atoms with Crippen LogP contribution in [0.15, 0.2) is 67.1 Å². The summed E-state index contributed by atoms with van der Waals surface area (Å²) in [5, 5.41) is 9.63. The van der Waals surface area contributed by atoms with Gasteiger partial charge in [0.15, 0.2) is 5.60 Å². The number of amides is 1. The number of nitriles is 1. The van der Waals surface area contributed by atoms with Gasteiger partial charge in [-0.2, -0.15) is 5.26 Å². The van der Waals surface area contributed by atoms with E-state index in [4.69, 9.17) is 4.74 Å². The molecule has 1 N–H and O–H groups in total. The van der Waals surface area contributed by atoms with Crippen molar-refractivity contribution >= 4 is 5.91 Å². The summed E-state index contributed by atoms with van der Waals surface area (Å²) >= 11 is 0. The first-order chi connectivity index (χ1) is 15.6. The van der Waals surface area contributed by atoms with Crippen LogP contribution in [-0.2, 0) is 10.4 Å². The Hall–Kier alpha value is -3.59. The van der Waals surface area contributed by atoms with Gasteiger partial charge >= 0.3 is 0 Å². The molecule has 32 heavy (non-hydrogen) atoms. The van der Waals surface area contributed by atoms with Gasteiger partial charge in [-0.25, -0.2) is 4.98 Å². The van der Waals surface area contributed by atoms with Crippen molar-refractivity contribution in [1.82, 2.24) is 14.9 Å². The second-order valence-corrected chi connectivity index (χ2v) is 8.37. The fourth-order valence-corrected chi connectivity index (χ4v) is 5.08. The molecule has 1 saturated heterocycles. The first-order valence-electron chi connectivity index (χ1n) is 11.1. The van der Waals surface area contributed by atoms with Crippen LogP contribution in [0.4, 0.5) is 0 Å². The molecule has 0 radical (unpaired) electrons. The standard InChI is InChI=1S/C26H28N4O2/c1-3-25(14-7-8-15-30(2)24(25)31)26(23-18-28-19-29-23,32-22-12-5-4-6-13-22)21-11-9-10-20(16-21)17-27/h4-6,9-13,16,18-19H,3,7-8,14-15H2,1-2H3,(H,28,29). The molecule has 164 valence electrons. The average molecular weight is 429 g/mol. The molecule has 0 aliphatic carbocycles. The molecule has 0 spiro atoms. The highest BCUT2D eigenvalue weighted by molar-refractivity contribution is 5.85. The van der Waals surface area contributed by atoms with Crippen LogP contribution in [0.25, 0.3) is 0 Å². The highest BCUT2D eigenvalue weighted by atomic mass is 16.5. The fraction of sp³-hybridized carbons (Fsp3) is 0.346. The zero-order valence-electron chi connectivity index (χ0n) is 18.5. The Labute approximate surface area is 188 Å². The molecule has 2 heterocycles. The first-order valence-corrected chi connectivity index (χ1v) is 11.1. The lowest BCUT2D eigenvalue weighted by Gasteiger charge is -2.49. The molecule has 1 aromatic heterocycles. The van der Waals surface area contributed by atoms with E-state index in [0.717, 1.165) is 18.4 Å². The monoisotopic (exact) mass is 428 g/mol. The van der Waals surface area contributed by atoms with Gasteiger partial charge in [-0.3, -0.25) is 4.79 Å². The minimum Gasteiger partial charge on any atom is -0.475 e. The lowest BCUT2D eigenvalue weighted by molar-refractivity contribution is -0.155. The average Bonchev–Trinajstić information content (AvgIpc) is 3.34. The first kappa shape index (κ1) is 21.6. The van der Waals surface area contributed by atoms with Crippen molar-refractivity contribution in [2.75, 3.05) is 13.6 Å². The van der Waals surface area contributed by atoms with Crippen LogP contribution < -0.4 is 4.74 Å². The summed E-state index contributed by atoms with van der Waals surface area (Å²) in [5.74, 6) is 0.697. The van der Waals surface area contributed by atoms with Crippen LogP contribution in [-0.4, -0.2) is 34.4 Å². The maximum Gasteiger partial charge on any atom is 0.233 e. The van der Waals surface area contributed by atoms with Crippen LogP contribution in [0.2, 0.25) is 0 Å². The molecule has 6 nitrogen and oxygen atoms in total. The maximum atomic E-state index is 14.1. The third-order valence-electron chi connectivity index (χ3n) is 6.67. The number of imidazole rings is 1. The Bertz CT molecular complexity index is 1110. The number of carbonyl (C=O) groups is 1. The Morgan fingerprint density at radius 3 is 2.72 bits per heavy atom. The Morgan fingerprint density at radius 2 is 2.03 bits per heavy atom. The summed E-state index contributed by atoms with van der Waals surface area (Å²) in [5.41, 5.74) is -0.113. The number of ether oxygens (including phenoxy) is 1. The molecule has 2 aromatic carbocycles. The van der Waals surface area contributed by atoms with Gasteiger partial charge in [0.05, 0.1) is 35.3 Å². The summed E-state index contributed by atoms with van der Waals surface area (Å²) in [6.45, 7) is 2.76. The van der Waals surface area contributed by atoms with Crippen LogP contribution in [0.3, 0.4) is 0 Å². The van der Waals surface area contributed by atoms with E-state index < -0.39 is 11.0 Å². The Morgan fingerprint density at radius 1 is 1.22 bits per heavy atom. The molecule has 0 bridgehead atoms. The molecule has 0 saturated carbocycles. The Kier molecular flexibility index (Phi) is 6.00. The van der Waals surface area contributed by atoms with Crippen LogP contribution >= 0.6 is 0 Å². The van der Waals surface area contributed by atoms with Gasteiger partial charge in [0, 0.05) is 19.2 Å². The number of aromatic amines is 1. The van der Waals surface area contributed by atoms with E-state index in [1.54, 1.807) is 18.6 Å². The summed E-state index contributed by atoms with van der Waals surface area (Å²) in [7, 11) is 1.87. The number of hydrogen-bond donors (Lipinski definition) is 1. The normalized spacial score (nSPS) is 20.8. The largest absolute Gasteiger partial charge is 0.475 e. The number of benzene rings is 2. The number of nitrogens with one attached hydrogen (secondary N) is 1. The summed E-state index contributed by atoms with van der Waals surface area (Å²) in [4.78, 5) is 23.5. The van der Waals surface area contributed by atoms with Crippen molar-refractivity contribution in [3.63, 3.8) is 0 Å². The van der Waals surface area contributed by atoms with Gasteiger partial charge in [-0.05, 0) is 43.5 Å². The predicted molar refractivity (Wildman–Crippen MR) is 122 cm³/mol. The number of aromatic nitrogens is 2. The number of likely N-dealkylation sites (tertiary alicyclic amines) is 1. The second kappa shape index (κ2) is 8.88. The number of para-hydroxylation sites is 1. The molecule has 3 aromatic rings. The molecule has 1 amide bonds. The van der Waals surface area contributed by atoms with E-state index in [1.807, 2.05) is 67.4 Å². The second-order valence-electron chi connectivity index (χ2n) is 8.37. The van der Waals surface area contributed by atoms with Gasteiger partial charge in [0.1, 0.15) is 5.75 Å². The Balaban J connectivity index is 2.08. The molecule has 2 atom stereocenters. The van der Waals surface area contributed by atoms with Gasteiger partial charge in [-0.15, -0.1) is 0 Å². The molecule has 4 rings (SSSR count). The molecule has 1 aliphatic rings. The third-order valence-corrected chi connectivity index (χ3v) is 6.67. The number of carbonyl (C=O) groups excluding carboxylic acids is 1. The summed E-state index contributed by atoms with van der Waals surface area (Å²) in [6.07, 6.45) is 6.41. The van der Waals surface area contributed by atoms with Gasteiger partial charge in [0.25, 0.3) is 0 Å². The molecule has 2 unspecified atom stereocenters. The molecular weight excluding hydrogens is 400 g/mol. The molecule has 1 fully saturated rings. The van der Waals surface area contributed by atoms with Gasteiger partial charge in [-0.1, -0.05) is 43.7 Å². The summed E-state index contributed by atoms with van der Waals surface area (Å²) < 4.78 is 6.91. The quantitative estimate of drug-likeness (QED) is 0.620. The van der Waals surface area contributed by atoms with Gasteiger partial charge in [0.2, 0.25) is 5.91 Å². The van der Waals surface area contributed by atoms with E-state index in [-0.39, 0.29) is 5.91 Å². The van der Waals surface area contributed by atoms with Gasteiger partial charge < -0.3 is 14.6 Å². The molecule has 1 aliphatic heterocycles. The number of nitrogens with zero attached hydrogens (tertiary/aromatic N) is 3. The van der Waals surface area contributed by atoms with Crippen LogP contribution in [0, 0.1) is 16.7 Å². The van der Waals surface area contributed by atoms with Crippen molar-refractivity contribution in [3.8, 4) is 11.8 Å². The topological polar surface area (TPSA) is 82.0 Å². The van der Waals surface area contributed by atoms with E-state index >= 15 is 0 Å². The summed E-state index contributed by atoms with van der Waals surface area (Å²) in [6, 6.07) is 19.2. The molecular formula is C26H28N4O2. The minimum absolute atomic E-state index is 0.0467. The third kappa shape index (κ3) is 3.44. The van der Waals surface area contributed by atoms with E-state index in [9.17, 15) is 10.1 Å². The highest BCUT2D eigenvalue weighted by Gasteiger charge is 2.61. The highest BCUT2D eigenvalue weighted by Crippen LogP contribution is 2.54. The smallest absolute Gasteiger partial charge is 0.233 e. The zero-order valence-corrected chi connectivity index (χ0v) is 18.5. The lowest BCUT2D eigenvalue weighted by atomic mass is 9.61. The fourth-order valence-electron chi connectivity index (χ4n) is 5.08. The van der Waals surface area contributed by atoms with Crippen LogP contribution in [0.5, 0.6) is 5.75 Å². The predicted octanol–water partition coefficient (Wildman–Crippen LogP) is 4.64. The minimum atomic E-state index is -1.19. The number of hydrogen-bond acceptors (Lipinski definition) is 4.